The summed E-state index contributed by atoms with van der Waals surface area (Å²) in [7, 11) is 4.25. The Kier molecular flexibility index (Phi) is 4.40. The van der Waals surface area contributed by atoms with Crippen molar-refractivity contribution in [3.05, 3.63) is 30.1 Å². The SMILES string of the molecule is CNC1CC(n2cc(-c3cccc(N4CCN(C)CC4)n3)c(C3CC3)n2)C1. The summed E-state index contributed by atoms with van der Waals surface area (Å²) in [5.74, 6) is 1.74. The van der Waals surface area contributed by atoms with Crippen LogP contribution in [0.2, 0.25) is 0 Å². The monoisotopic (exact) mass is 366 g/mol. The van der Waals surface area contributed by atoms with E-state index in [1.165, 1.54) is 36.9 Å². The zero-order valence-corrected chi connectivity index (χ0v) is 16.4. The molecular weight excluding hydrogens is 336 g/mol. The fourth-order valence-electron chi connectivity index (χ4n) is 4.27. The molecule has 0 radical (unpaired) electrons. The van der Waals surface area contributed by atoms with Gasteiger partial charge >= 0.3 is 0 Å². The first kappa shape index (κ1) is 17.2. The number of hydrogen-bond donors (Lipinski definition) is 1. The van der Waals surface area contributed by atoms with Crippen LogP contribution in [0.4, 0.5) is 5.82 Å². The number of nitrogens with one attached hydrogen (secondary N) is 1. The van der Waals surface area contributed by atoms with E-state index in [-0.39, 0.29) is 0 Å². The molecule has 2 aromatic rings. The van der Waals surface area contributed by atoms with Crippen molar-refractivity contribution in [3.63, 3.8) is 0 Å². The Morgan fingerprint density at radius 3 is 2.56 bits per heavy atom. The van der Waals surface area contributed by atoms with Crippen molar-refractivity contribution >= 4 is 5.82 Å². The molecule has 0 atom stereocenters. The molecule has 0 amide bonds. The summed E-state index contributed by atoms with van der Waals surface area (Å²) in [5, 5.41) is 8.39. The highest BCUT2D eigenvalue weighted by atomic mass is 15.3. The van der Waals surface area contributed by atoms with E-state index in [0.29, 0.717) is 18.0 Å². The molecule has 6 heteroatoms. The highest BCUT2D eigenvalue weighted by molar-refractivity contribution is 5.65. The molecule has 1 N–H and O–H groups in total. The van der Waals surface area contributed by atoms with Gasteiger partial charge in [-0.15, -0.1) is 0 Å². The van der Waals surface area contributed by atoms with Crippen LogP contribution in [0.1, 0.15) is 43.3 Å². The van der Waals surface area contributed by atoms with Crippen LogP contribution in [-0.2, 0) is 0 Å². The standard InChI is InChI=1S/C21H30N6/c1-22-16-12-17(13-16)27-14-18(21(24-27)15-6-7-15)19-4-3-5-20(23-19)26-10-8-25(2)9-11-26/h3-5,14-17,22H,6-13H2,1-2H3. The van der Waals surface area contributed by atoms with Crippen LogP contribution < -0.4 is 10.2 Å². The van der Waals surface area contributed by atoms with E-state index in [0.717, 1.165) is 37.7 Å². The smallest absolute Gasteiger partial charge is 0.129 e. The normalized spacial score (nSPS) is 26.2. The van der Waals surface area contributed by atoms with Crippen LogP contribution in [0.15, 0.2) is 24.4 Å². The first-order valence-corrected chi connectivity index (χ1v) is 10.4. The molecule has 0 aromatic carbocycles. The van der Waals surface area contributed by atoms with Gasteiger partial charge in [-0.2, -0.15) is 5.10 Å². The van der Waals surface area contributed by atoms with E-state index >= 15 is 0 Å². The molecule has 2 aliphatic carbocycles. The molecule has 1 saturated heterocycles. The second-order valence-electron chi connectivity index (χ2n) is 8.46. The number of rotatable bonds is 5. The maximum atomic E-state index is 5.05. The van der Waals surface area contributed by atoms with E-state index in [1.807, 2.05) is 0 Å². The zero-order valence-electron chi connectivity index (χ0n) is 16.4. The molecule has 0 unspecified atom stereocenters. The van der Waals surface area contributed by atoms with Crippen molar-refractivity contribution in [2.45, 2.75) is 43.7 Å². The summed E-state index contributed by atoms with van der Waals surface area (Å²) in [4.78, 5) is 9.84. The number of aromatic nitrogens is 3. The molecule has 1 aliphatic heterocycles. The van der Waals surface area contributed by atoms with Crippen molar-refractivity contribution in [2.75, 3.05) is 45.2 Å². The van der Waals surface area contributed by atoms with Crippen molar-refractivity contribution in [1.82, 2.24) is 25.0 Å². The second kappa shape index (κ2) is 6.91. The van der Waals surface area contributed by atoms with Crippen molar-refractivity contribution in [2.24, 2.45) is 0 Å². The van der Waals surface area contributed by atoms with Gasteiger partial charge in [0.1, 0.15) is 5.82 Å². The minimum absolute atomic E-state index is 0.537. The van der Waals surface area contributed by atoms with Gasteiger partial charge in [0.15, 0.2) is 0 Å². The second-order valence-corrected chi connectivity index (χ2v) is 8.46. The van der Waals surface area contributed by atoms with Gasteiger partial charge in [-0.05, 0) is 51.9 Å². The van der Waals surface area contributed by atoms with Crippen LogP contribution in [0.3, 0.4) is 0 Å². The van der Waals surface area contributed by atoms with Crippen LogP contribution in [-0.4, -0.2) is 66.0 Å². The van der Waals surface area contributed by atoms with Gasteiger partial charge < -0.3 is 15.1 Å². The Morgan fingerprint density at radius 1 is 1.07 bits per heavy atom. The lowest BCUT2D eigenvalue weighted by molar-refractivity contribution is 0.219. The molecule has 0 spiro atoms. The van der Waals surface area contributed by atoms with Gasteiger partial charge in [0, 0.05) is 49.9 Å². The Hall–Kier alpha value is -1.92. The number of likely N-dealkylation sites (N-methyl/N-ethyl adjacent to an activating group) is 1. The molecule has 5 rings (SSSR count). The lowest BCUT2D eigenvalue weighted by Gasteiger charge is -2.35. The lowest BCUT2D eigenvalue weighted by Crippen LogP contribution is -2.44. The van der Waals surface area contributed by atoms with Crippen LogP contribution in [0, 0.1) is 0 Å². The third-order valence-corrected chi connectivity index (χ3v) is 6.46. The molecule has 2 saturated carbocycles. The highest BCUT2D eigenvalue weighted by Crippen LogP contribution is 2.44. The van der Waals surface area contributed by atoms with Crippen molar-refractivity contribution in [3.8, 4) is 11.3 Å². The first-order chi connectivity index (χ1) is 13.2. The summed E-state index contributed by atoms with van der Waals surface area (Å²) in [6.07, 6.45) is 7.16. The molecule has 144 valence electrons. The lowest BCUT2D eigenvalue weighted by atomic mass is 9.87. The summed E-state index contributed by atoms with van der Waals surface area (Å²) >= 11 is 0. The van der Waals surface area contributed by atoms with Gasteiger partial charge in [0.25, 0.3) is 0 Å². The minimum Gasteiger partial charge on any atom is -0.354 e. The van der Waals surface area contributed by atoms with Crippen LogP contribution >= 0.6 is 0 Å². The Balaban J connectivity index is 1.42. The predicted molar refractivity (Wildman–Crippen MR) is 108 cm³/mol. The largest absolute Gasteiger partial charge is 0.354 e. The molecule has 3 fully saturated rings. The quantitative estimate of drug-likeness (QED) is 0.881. The number of nitrogens with zero attached hydrogens (tertiary/aromatic N) is 5. The zero-order chi connectivity index (χ0) is 18.4. The average molecular weight is 367 g/mol. The van der Waals surface area contributed by atoms with E-state index in [2.05, 4.69) is 58.3 Å². The fourth-order valence-corrected chi connectivity index (χ4v) is 4.27. The molecule has 27 heavy (non-hydrogen) atoms. The summed E-state index contributed by atoms with van der Waals surface area (Å²) in [6, 6.07) is 7.65. The van der Waals surface area contributed by atoms with Crippen LogP contribution in [0.25, 0.3) is 11.3 Å². The van der Waals surface area contributed by atoms with Crippen molar-refractivity contribution < 1.29 is 0 Å². The molecule has 3 aliphatic rings. The van der Waals surface area contributed by atoms with E-state index < -0.39 is 0 Å². The summed E-state index contributed by atoms with van der Waals surface area (Å²) in [5.41, 5.74) is 3.61. The Bertz CT molecular complexity index is 797. The van der Waals surface area contributed by atoms with E-state index in [4.69, 9.17) is 10.1 Å². The summed E-state index contributed by atoms with van der Waals surface area (Å²) < 4.78 is 2.22. The number of piperazine rings is 1. The Labute approximate surface area is 161 Å². The van der Waals surface area contributed by atoms with Gasteiger partial charge in [-0.3, -0.25) is 4.68 Å². The van der Waals surface area contributed by atoms with E-state index in [1.54, 1.807) is 0 Å². The van der Waals surface area contributed by atoms with Gasteiger partial charge in [-0.1, -0.05) is 6.07 Å². The average Bonchev–Trinajstić information content (AvgIpc) is 3.41. The summed E-state index contributed by atoms with van der Waals surface area (Å²) in [6.45, 7) is 4.31. The fraction of sp³-hybridized carbons (Fsp3) is 0.619. The molecule has 0 bridgehead atoms. The van der Waals surface area contributed by atoms with Gasteiger partial charge in [0.2, 0.25) is 0 Å². The maximum absolute atomic E-state index is 5.05. The molecule has 3 heterocycles. The minimum atomic E-state index is 0.537. The number of hydrogen-bond acceptors (Lipinski definition) is 5. The highest BCUT2D eigenvalue weighted by Gasteiger charge is 2.34. The Morgan fingerprint density at radius 2 is 1.85 bits per heavy atom. The molecular formula is C21H30N6. The van der Waals surface area contributed by atoms with Crippen LogP contribution in [0.5, 0.6) is 0 Å². The maximum Gasteiger partial charge on any atom is 0.129 e. The predicted octanol–water partition coefficient (Wildman–Crippen LogP) is 2.50. The van der Waals surface area contributed by atoms with Gasteiger partial charge in [-0.25, -0.2) is 4.98 Å². The van der Waals surface area contributed by atoms with E-state index in [9.17, 15) is 0 Å². The third kappa shape index (κ3) is 3.36. The number of pyridine rings is 1. The van der Waals surface area contributed by atoms with Gasteiger partial charge in [0.05, 0.1) is 17.4 Å². The molecule has 2 aromatic heterocycles. The topological polar surface area (TPSA) is 49.2 Å². The third-order valence-electron chi connectivity index (χ3n) is 6.46. The number of anilines is 1. The van der Waals surface area contributed by atoms with Crippen molar-refractivity contribution in [1.29, 1.82) is 0 Å². The molecule has 6 nitrogen and oxygen atoms in total. The first-order valence-electron chi connectivity index (χ1n) is 10.4.